The summed E-state index contributed by atoms with van der Waals surface area (Å²) in [7, 11) is 0. The van der Waals surface area contributed by atoms with Crippen molar-refractivity contribution in [2.45, 2.75) is 26.0 Å². The van der Waals surface area contributed by atoms with Crippen molar-refractivity contribution in [2.75, 3.05) is 0 Å². The van der Waals surface area contributed by atoms with E-state index in [0.29, 0.717) is 36.2 Å². The maximum Gasteiger partial charge on any atom is 0.262 e. The van der Waals surface area contributed by atoms with E-state index in [0.717, 1.165) is 31.2 Å². The molecule has 1 aliphatic rings. The standard InChI is InChI=1S/C19H13BrN2O3.C11H10BrNO2/c1-11(22-18(23)14-8-4-5-9-15(14)19(22)24)17-16(20)13-7-3-2-6-12(13)10-21(17)25;1-7(14)11-10(12)9-5-3-2-4-8(9)6-13(11)15/h2-11H,1H3;2-7,14H,1H3. The summed E-state index contributed by atoms with van der Waals surface area (Å²) in [5, 5.41) is 37.1. The second-order valence-corrected chi connectivity index (χ2v) is 10.9. The lowest BCUT2D eigenvalue weighted by Crippen LogP contribution is -2.41. The second-order valence-electron chi connectivity index (χ2n) is 9.36. The van der Waals surface area contributed by atoms with Crippen LogP contribution in [0.5, 0.6) is 0 Å². The molecule has 2 amide bonds. The minimum Gasteiger partial charge on any atom is -0.618 e. The van der Waals surface area contributed by atoms with Gasteiger partial charge in [-0.1, -0.05) is 48.5 Å². The Balaban J connectivity index is 0.000000184. The van der Waals surface area contributed by atoms with Gasteiger partial charge in [-0.25, -0.2) is 0 Å². The van der Waals surface area contributed by atoms with Gasteiger partial charge in [-0.3, -0.25) is 14.5 Å². The molecule has 1 aliphatic heterocycles. The quantitative estimate of drug-likeness (QED) is 0.147. The van der Waals surface area contributed by atoms with Crippen molar-refractivity contribution < 1.29 is 24.2 Å². The third-order valence-electron chi connectivity index (χ3n) is 6.84. The van der Waals surface area contributed by atoms with E-state index in [1.807, 2.05) is 48.5 Å². The zero-order valence-electron chi connectivity index (χ0n) is 21.4. The number of nitrogens with zero attached hydrogens (tertiary/aromatic N) is 3. The van der Waals surface area contributed by atoms with E-state index in [-0.39, 0.29) is 11.8 Å². The molecule has 0 radical (unpaired) electrons. The van der Waals surface area contributed by atoms with Crippen LogP contribution in [-0.4, -0.2) is 21.8 Å². The average Bonchev–Trinajstić information content (AvgIpc) is 3.18. The molecule has 0 bridgehead atoms. The number of amides is 2. The molecule has 0 saturated heterocycles. The van der Waals surface area contributed by atoms with Crippen LogP contribution >= 0.6 is 31.9 Å². The van der Waals surface area contributed by atoms with E-state index in [9.17, 15) is 25.1 Å². The number of rotatable bonds is 3. The molecule has 0 saturated carbocycles. The van der Waals surface area contributed by atoms with E-state index in [4.69, 9.17) is 0 Å². The molecule has 202 valence electrons. The molecule has 2 aromatic heterocycles. The predicted octanol–water partition coefficient (Wildman–Crippen LogP) is 5.88. The lowest BCUT2D eigenvalue weighted by atomic mass is 10.1. The minimum absolute atomic E-state index is 0.327. The van der Waals surface area contributed by atoms with Gasteiger partial charge in [0.15, 0.2) is 12.4 Å². The Morgan fingerprint density at radius 2 is 1.10 bits per heavy atom. The first-order chi connectivity index (χ1) is 19.1. The van der Waals surface area contributed by atoms with Crippen LogP contribution < -0.4 is 9.46 Å². The van der Waals surface area contributed by atoms with Crippen molar-refractivity contribution in [1.29, 1.82) is 0 Å². The van der Waals surface area contributed by atoms with E-state index in [1.165, 1.54) is 12.4 Å². The SMILES string of the molecule is CC(O)c1c(Br)c2ccccc2c[n+]1[O-].CC(c1c(Br)c2ccccc2c[n+]1[O-])N1C(=O)c2ccccc2C1=O. The van der Waals surface area contributed by atoms with Crippen LogP contribution in [0.2, 0.25) is 0 Å². The third-order valence-corrected chi connectivity index (χ3v) is 8.50. The van der Waals surface area contributed by atoms with E-state index >= 15 is 0 Å². The number of hydrogen-bond acceptors (Lipinski definition) is 5. The molecular formula is C30H23Br2N3O5. The third kappa shape index (κ3) is 4.72. The maximum absolute atomic E-state index is 12.7. The van der Waals surface area contributed by atoms with Gasteiger partial charge in [0.2, 0.25) is 11.4 Å². The van der Waals surface area contributed by atoms with E-state index in [1.54, 1.807) is 38.1 Å². The Morgan fingerprint density at radius 3 is 1.57 bits per heavy atom. The zero-order valence-corrected chi connectivity index (χ0v) is 24.6. The van der Waals surface area contributed by atoms with Crippen LogP contribution in [0, 0.1) is 10.4 Å². The monoisotopic (exact) mass is 663 g/mol. The molecule has 10 heteroatoms. The maximum atomic E-state index is 12.7. The first-order valence-corrected chi connectivity index (χ1v) is 14.0. The summed E-state index contributed by atoms with van der Waals surface area (Å²) in [6.07, 6.45) is 2.15. The zero-order chi connectivity index (χ0) is 28.7. The predicted molar refractivity (Wildman–Crippen MR) is 157 cm³/mol. The van der Waals surface area contributed by atoms with E-state index < -0.39 is 12.1 Å². The molecule has 2 unspecified atom stereocenters. The minimum atomic E-state index is -0.790. The molecule has 3 heterocycles. The van der Waals surface area contributed by atoms with Crippen molar-refractivity contribution in [1.82, 2.24) is 4.90 Å². The molecule has 2 atom stereocenters. The fourth-order valence-corrected chi connectivity index (χ4v) is 6.63. The van der Waals surface area contributed by atoms with Gasteiger partial charge < -0.3 is 15.5 Å². The van der Waals surface area contributed by atoms with Gasteiger partial charge in [0, 0.05) is 21.5 Å². The van der Waals surface area contributed by atoms with Crippen LogP contribution in [0.4, 0.5) is 0 Å². The van der Waals surface area contributed by atoms with Gasteiger partial charge in [-0.2, -0.15) is 9.46 Å². The number of aliphatic hydroxyl groups excluding tert-OH is 1. The molecule has 1 N–H and O–H groups in total. The summed E-state index contributed by atoms with van der Waals surface area (Å²) in [5.74, 6) is -0.763. The van der Waals surface area contributed by atoms with Crippen LogP contribution in [0.3, 0.4) is 0 Å². The average molecular weight is 665 g/mol. The molecule has 5 aromatic rings. The van der Waals surface area contributed by atoms with Crippen LogP contribution in [0.15, 0.2) is 94.1 Å². The summed E-state index contributed by atoms with van der Waals surface area (Å²) in [6.45, 7) is 3.26. The molecule has 40 heavy (non-hydrogen) atoms. The van der Waals surface area contributed by atoms with Crippen LogP contribution in [0.1, 0.15) is 58.1 Å². The summed E-state index contributed by atoms with van der Waals surface area (Å²) in [6, 6.07) is 21.0. The van der Waals surface area contributed by atoms with E-state index in [2.05, 4.69) is 31.9 Å². The van der Waals surface area contributed by atoms with Gasteiger partial charge in [0.25, 0.3) is 11.8 Å². The van der Waals surface area contributed by atoms with Crippen LogP contribution in [0.25, 0.3) is 21.5 Å². The Labute approximate surface area is 246 Å². The number of aromatic nitrogens is 2. The largest absolute Gasteiger partial charge is 0.618 e. The van der Waals surface area contributed by atoms with Crippen LogP contribution in [-0.2, 0) is 0 Å². The highest BCUT2D eigenvalue weighted by Crippen LogP contribution is 2.35. The lowest BCUT2D eigenvalue weighted by Gasteiger charge is -2.22. The number of pyridine rings is 2. The number of hydrogen-bond donors (Lipinski definition) is 1. The molecule has 0 fully saturated rings. The first kappa shape index (κ1) is 27.7. The van der Waals surface area contributed by atoms with Gasteiger partial charge in [0.1, 0.15) is 12.1 Å². The number of fused-ring (bicyclic) bond motifs is 3. The van der Waals surface area contributed by atoms with Gasteiger partial charge in [-0.15, -0.1) is 0 Å². The fourth-order valence-electron chi connectivity index (χ4n) is 4.90. The Hall–Kier alpha value is -3.86. The smallest absolute Gasteiger partial charge is 0.262 e. The van der Waals surface area contributed by atoms with Crippen molar-refractivity contribution in [3.63, 3.8) is 0 Å². The number of carbonyl (C=O) groups is 2. The van der Waals surface area contributed by atoms with Gasteiger partial charge in [-0.05, 0) is 70.0 Å². The lowest BCUT2D eigenvalue weighted by molar-refractivity contribution is -0.617. The number of carbonyl (C=O) groups excluding carboxylic acids is 2. The topological polar surface area (TPSA) is 111 Å². The fraction of sp³-hybridized carbons (Fsp3) is 0.133. The molecule has 6 rings (SSSR count). The number of aliphatic hydroxyl groups is 1. The Bertz CT molecular complexity index is 1770. The first-order valence-electron chi connectivity index (χ1n) is 12.4. The summed E-state index contributed by atoms with van der Waals surface area (Å²) in [4.78, 5) is 26.5. The molecular weight excluding hydrogens is 642 g/mol. The second kappa shape index (κ2) is 11.0. The molecule has 3 aromatic carbocycles. The van der Waals surface area contributed by atoms with Crippen molar-refractivity contribution in [3.8, 4) is 0 Å². The van der Waals surface area contributed by atoms with Crippen molar-refractivity contribution in [3.05, 3.63) is 127 Å². The van der Waals surface area contributed by atoms with Crippen molar-refractivity contribution in [2.24, 2.45) is 0 Å². The highest BCUT2D eigenvalue weighted by Gasteiger charge is 2.42. The summed E-state index contributed by atoms with van der Waals surface area (Å²) < 4.78 is 2.67. The summed E-state index contributed by atoms with van der Waals surface area (Å²) in [5.41, 5.74) is 1.41. The van der Waals surface area contributed by atoms with Gasteiger partial charge >= 0.3 is 0 Å². The van der Waals surface area contributed by atoms with Crippen molar-refractivity contribution >= 4 is 65.2 Å². The molecule has 0 aliphatic carbocycles. The highest BCUT2D eigenvalue weighted by molar-refractivity contribution is 9.11. The Kier molecular flexibility index (Phi) is 7.59. The number of benzene rings is 3. The number of imide groups is 1. The van der Waals surface area contributed by atoms with Gasteiger partial charge in [0.05, 0.1) is 20.1 Å². The highest BCUT2D eigenvalue weighted by atomic mass is 79.9. The Morgan fingerprint density at radius 1 is 0.700 bits per heavy atom. The normalized spacial score (nSPS) is 14.2. The molecule has 8 nitrogen and oxygen atoms in total. The number of halogens is 2. The summed E-state index contributed by atoms with van der Waals surface area (Å²) >= 11 is 6.84. The molecule has 0 spiro atoms.